The highest BCUT2D eigenvalue weighted by Gasteiger charge is 2.18. The first kappa shape index (κ1) is 16.0. The Labute approximate surface area is 130 Å². The Morgan fingerprint density at radius 2 is 2.14 bits per heavy atom. The Kier molecular flexibility index (Phi) is 5.55. The molecular formula is C16H22N4O2. The van der Waals surface area contributed by atoms with Crippen LogP contribution in [-0.4, -0.2) is 36.6 Å². The fourth-order valence-corrected chi connectivity index (χ4v) is 2.16. The fourth-order valence-electron chi connectivity index (χ4n) is 2.16. The molecule has 0 bridgehead atoms. The van der Waals surface area contributed by atoms with E-state index in [0.717, 1.165) is 11.5 Å². The molecule has 0 fully saturated rings. The van der Waals surface area contributed by atoms with Crippen molar-refractivity contribution in [1.82, 2.24) is 20.5 Å². The van der Waals surface area contributed by atoms with Gasteiger partial charge in [-0.3, -0.25) is 9.88 Å². The highest BCUT2D eigenvalue weighted by Crippen LogP contribution is 2.17. The molecule has 0 aromatic carbocycles. The molecule has 0 saturated carbocycles. The topological polar surface area (TPSA) is 70.4 Å². The normalized spacial score (nSPS) is 13.6. The molecule has 0 aliphatic carbocycles. The summed E-state index contributed by atoms with van der Waals surface area (Å²) in [6, 6.07) is 9.00. The Morgan fingerprint density at radius 3 is 2.73 bits per heavy atom. The van der Waals surface area contributed by atoms with Crippen LogP contribution in [0.3, 0.4) is 0 Å². The standard InChI is InChI=1S/C16H22N4O2/c1-12(13-7-4-5-9-17-13)19-16(21)18-11-14(20(2)3)15-8-6-10-22-15/h4-10,12,14H,11H2,1-3H3,(H2,18,19,21)/t12-,14+/m0/s1. The summed E-state index contributed by atoms with van der Waals surface area (Å²) in [7, 11) is 3.90. The van der Waals surface area contributed by atoms with Gasteiger partial charge in [0.15, 0.2) is 0 Å². The van der Waals surface area contributed by atoms with Gasteiger partial charge in [0.25, 0.3) is 0 Å². The zero-order chi connectivity index (χ0) is 15.9. The van der Waals surface area contributed by atoms with Gasteiger partial charge in [-0.25, -0.2) is 4.79 Å². The van der Waals surface area contributed by atoms with Crippen LogP contribution in [0.4, 0.5) is 4.79 Å². The van der Waals surface area contributed by atoms with Crippen molar-refractivity contribution in [2.24, 2.45) is 0 Å². The average Bonchev–Trinajstić information content (AvgIpc) is 3.02. The van der Waals surface area contributed by atoms with Crippen LogP contribution in [0, 0.1) is 0 Å². The Balaban J connectivity index is 1.86. The molecule has 6 heteroatoms. The molecule has 2 rings (SSSR count). The van der Waals surface area contributed by atoms with Crippen LogP contribution in [0.2, 0.25) is 0 Å². The lowest BCUT2D eigenvalue weighted by Crippen LogP contribution is -2.41. The molecule has 0 radical (unpaired) electrons. The molecule has 2 aromatic rings. The number of hydrogen-bond acceptors (Lipinski definition) is 4. The summed E-state index contributed by atoms with van der Waals surface area (Å²) in [6.07, 6.45) is 3.35. The van der Waals surface area contributed by atoms with Gasteiger partial charge in [0, 0.05) is 12.7 Å². The Hall–Kier alpha value is -2.34. The third-order valence-electron chi connectivity index (χ3n) is 3.43. The van der Waals surface area contributed by atoms with E-state index in [1.54, 1.807) is 12.5 Å². The minimum Gasteiger partial charge on any atom is -0.468 e. The molecule has 2 aromatic heterocycles. The van der Waals surface area contributed by atoms with Crippen LogP contribution < -0.4 is 10.6 Å². The summed E-state index contributed by atoms with van der Waals surface area (Å²) < 4.78 is 5.42. The van der Waals surface area contributed by atoms with E-state index in [1.807, 2.05) is 56.3 Å². The SMILES string of the molecule is C[C@H](NC(=O)NC[C@H](c1ccco1)N(C)C)c1ccccn1. The first-order chi connectivity index (χ1) is 10.6. The van der Waals surface area contributed by atoms with Crippen molar-refractivity contribution in [1.29, 1.82) is 0 Å². The van der Waals surface area contributed by atoms with Crippen molar-refractivity contribution in [3.8, 4) is 0 Å². The van der Waals surface area contributed by atoms with Gasteiger partial charge in [-0.1, -0.05) is 6.07 Å². The average molecular weight is 302 g/mol. The zero-order valence-corrected chi connectivity index (χ0v) is 13.1. The second-order valence-corrected chi connectivity index (χ2v) is 5.33. The van der Waals surface area contributed by atoms with Crippen molar-refractivity contribution >= 4 is 6.03 Å². The number of aromatic nitrogens is 1. The molecule has 0 unspecified atom stereocenters. The number of rotatable bonds is 6. The lowest BCUT2D eigenvalue weighted by atomic mass is 10.2. The molecule has 2 N–H and O–H groups in total. The molecule has 0 spiro atoms. The minimum atomic E-state index is -0.225. The second-order valence-electron chi connectivity index (χ2n) is 5.33. The lowest BCUT2D eigenvalue weighted by Gasteiger charge is -2.23. The molecule has 0 aliphatic rings. The highest BCUT2D eigenvalue weighted by atomic mass is 16.3. The third-order valence-corrected chi connectivity index (χ3v) is 3.43. The van der Waals surface area contributed by atoms with Crippen LogP contribution in [0.1, 0.15) is 30.5 Å². The monoisotopic (exact) mass is 302 g/mol. The van der Waals surface area contributed by atoms with Crippen molar-refractivity contribution in [2.75, 3.05) is 20.6 Å². The molecule has 6 nitrogen and oxygen atoms in total. The van der Waals surface area contributed by atoms with E-state index in [2.05, 4.69) is 15.6 Å². The number of amides is 2. The maximum absolute atomic E-state index is 12.0. The van der Waals surface area contributed by atoms with Gasteiger partial charge >= 0.3 is 6.03 Å². The van der Waals surface area contributed by atoms with Gasteiger partial charge in [-0.2, -0.15) is 0 Å². The number of carbonyl (C=O) groups excluding carboxylic acids is 1. The van der Waals surface area contributed by atoms with E-state index in [9.17, 15) is 4.79 Å². The second kappa shape index (κ2) is 7.61. The van der Waals surface area contributed by atoms with E-state index in [-0.39, 0.29) is 18.1 Å². The minimum absolute atomic E-state index is 0.00842. The van der Waals surface area contributed by atoms with Crippen LogP contribution in [-0.2, 0) is 0 Å². The van der Waals surface area contributed by atoms with Crippen molar-refractivity contribution in [3.05, 3.63) is 54.2 Å². The molecular weight excluding hydrogens is 280 g/mol. The van der Waals surface area contributed by atoms with Gasteiger partial charge in [0.05, 0.1) is 24.0 Å². The molecule has 118 valence electrons. The highest BCUT2D eigenvalue weighted by molar-refractivity contribution is 5.74. The van der Waals surface area contributed by atoms with Crippen molar-refractivity contribution in [3.63, 3.8) is 0 Å². The van der Waals surface area contributed by atoms with Crippen molar-refractivity contribution in [2.45, 2.75) is 19.0 Å². The van der Waals surface area contributed by atoms with Crippen LogP contribution in [0.15, 0.2) is 47.2 Å². The predicted octanol–water partition coefficient (Wildman–Crippen LogP) is 2.34. The molecule has 2 atom stereocenters. The summed E-state index contributed by atoms with van der Waals surface area (Å²) in [5.41, 5.74) is 0.827. The number of hydrogen-bond donors (Lipinski definition) is 2. The van der Waals surface area contributed by atoms with E-state index < -0.39 is 0 Å². The van der Waals surface area contributed by atoms with E-state index >= 15 is 0 Å². The summed E-state index contributed by atoms with van der Waals surface area (Å²) in [5.74, 6) is 0.822. The first-order valence-electron chi connectivity index (χ1n) is 7.23. The largest absolute Gasteiger partial charge is 0.468 e. The Bertz CT molecular complexity index is 569. The van der Waals surface area contributed by atoms with Crippen LogP contribution in [0.5, 0.6) is 0 Å². The molecule has 0 aliphatic heterocycles. The molecule has 0 saturated heterocycles. The van der Waals surface area contributed by atoms with Crippen LogP contribution in [0.25, 0.3) is 0 Å². The number of nitrogens with zero attached hydrogens (tertiary/aromatic N) is 2. The first-order valence-corrected chi connectivity index (χ1v) is 7.23. The predicted molar refractivity (Wildman–Crippen MR) is 84.3 cm³/mol. The summed E-state index contributed by atoms with van der Waals surface area (Å²) in [4.78, 5) is 18.3. The van der Waals surface area contributed by atoms with Gasteiger partial charge in [0.2, 0.25) is 0 Å². The molecule has 2 heterocycles. The number of likely N-dealkylation sites (N-methyl/N-ethyl adjacent to an activating group) is 1. The Morgan fingerprint density at radius 1 is 1.32 bits per heavy atom. The van der Waals surface area contributed by atoms with Gasteiger partial charge in [0.1, 0.15) is 5.76 Å². The van der Waals surface area contributed by atoms with E-state index in [1.165, 1.54) is 0 Å². The van der Waals surface area contributed by atoms with Gasteiger partial charge in [-0.05, 0) is 45.3 Å². The quantitative estimate of drug-likeness (QED) is 0.859. The molecule has 22 heavy (non-hydrogen) atoms. The maximum atomic E-state index is 12.0. The van der Waals surface area contributed by atoms with E-state index in [0.29, 0.717) is 6.54 Å². The molecule has 2 amide bonds. The zero-order valence-electron chi connectivity index (χ0n) is 13.1. The summed E-state index contributed by atoms with van der Waals surface area (Å²) >= 11 is 0. The third kappa shape index (κ3) is 4.33. The number of carbonyl (C=O) groups is 1. The number of pyridine rings is 1. The van der Waals surface area contributed by atoms with Crippen molar-refractivity contribution < 1.29 is 9.21 Å². The maximum Gasteiger partial charge on any atom is 0.315 e. The van der Waals surface area contributed by atoms with E-state index in [4.69, 9.17) is 4.42 Å². The summed E-state index contributed by atoms with van der Waals surface area (Å²) in [6.45, 7) is 2.36. The van der Waals surface area contributed by atoms with Gasteiger partial charge in [-0.15, -0.1) is 0 Å². The number of nitrogens with one attached hydrogen (secondary N) is 2. The van der Waals surface area contributed by atoms with Crippen LogP contribution >= 0.6 is 0 Å². The van der Waals surface area contributed by atoms with Gasteiger partial charge < -0.3 is 15.1 Å². The smallest absolute Gasteiger partial charge is 0.315 e. The fraction of sp³-hybridized carbons (Fsp3) is 0.375. The lowest BCUT2D eigenvalue weighted by molar-refractivity contribution is 0.223. The number of furan rings is 1. The summed E-state index contributed by atoms with van der Waals surface area (Å²) in [5, 5.41) is 5.75. The number of urea groups is 1.